The van der Waals surface area contributed by atoms with Crippen molar-refractivity contribution in [1.82, 2.24) is 14.6 Å². The van der Waals surface area contributed by atoms with Crippen LogP contribution in [0.4, 0.5) is 0 Å². The topological polar surface area (TPSA) is 105 Å². The fourth-order valence-electron chi connectivity index (χ4n) is 2.35. The van der Waals surface area contributed by atoms with E-state index in [1.165, 1.54) is 10.8 Å². The summed E-state index contributed by atoms with van der Waals surface area (Å²) in [6, 6.07) is 0. The predicted molar refractivity (Wildman–Crippen MR) is 80.6 cm³/mol. The zero-order chi connectivity index (χ0) is 16.1. The van der Waals surface area contributed by atoms with Gasteiger partial charge < -0.3 is 10.2 Å². The second-order valence-corrected chi connectivity index (χ2v) is 5.18. The Labute approximate surface area is 126 Å². The molecule has 22 heavy (non-hydrogen) atoms. The van der Waals surface area contributed by atoms with Crippen molar-refractivity contribution in [3.8, 4) is 0 Å². The van der Waals surface area contributed by atoms with Gasteiger partial charge in [-0.2, -0.15) is 5.10 Å². The average Bonchev–Trinajstić information content (AvgIpc) is 2.93. The van der Waals surface area contributed by atoms with Gasteiger partial charge in [0.25, 0.3) is 0 Å². The van der Waals surface area contributed by atoms with Crippen LogP contribution in [0.25, 0.3) is 11.4 Å². The predicted octanol–water partition coefficient (Wildman–Crippen LogP) is 1.07. The summed E-state index contributed by atoms with van der Waals surface area (Å²) in [6.07, 6.45) is 6.12. The number of carboxylic acid groups (broad SMARTS) is 1. The molecule has 0 saturated heterocycles. The average molecular weight is 305 g/mol. The van der Waals surface area contributed by atoms with Crippen LogP contribution in [0.5, 0.6) is 0 Å². The molecule has 0 amide bonds. The van der Waals surface area contributed by atoms with Gasteiger partial charge in [-0.3, -0.25) is 9.59 Å². The van der Waals surface area contributed by atoms with Crippen molar-refractivity contribution >= 4 is 17.4 Å². The molecule has 0 unspecified atom stereocenters. The number of pyridine rings is 1. The van der Waals surface area contributed by atoms with Gasteiger partial charge in [0.2, 0.25) is 0 Å². The molecule has 0 aromatic carbocycles. The summed E-state index contributed by atoms with van der Waals surface area (Å²) in [5.74, 6) is -1.28. The van der Waals surface area contributed by atoms with Crippen molar-refractivity contribution < 1.29 is 15.0 Å². The van der Waals surface area contributed by atoms with Crippen LogP contribution in [0.15, 0.2) is 17.3 Å². The lowest BCUT2D eigenvalue weighted by molar-refractivity contribution is -0.136. The summed E-state index contributed by atoms with van der Waals surface area (Å²) in [5, 5.41) is 22.9. The van der Waals surface area contributed by atoms with Crippen LogP contribution >= 0.6 is 0 Å². The largest absolute Gasteiger partial charge is 0.511 e. The fraction of sp³-hybridized carbons (Fsp3) is 0.467. The van der Waals surface area contributed by atoms with E-state index < -0.39 is 5.97 Å². The Hall–Kier alpha value is -2.44. The number of aryl methyl sites for hydroxylation is 1. The third kappa shape index (κ3) is 3.41. The van der Waals surface area contributed by atoms with Gasteiger partial charge in [-0.1, -0.05) is 19.8 Å². The number of aromatic nitrogens is 3. The third-order valence-electron chi connectivity index (χ3n) is 3.51. The van der Waals surface area contributed by atoms with Gasteiger partial charge in [-0.05, 0) is 12.8 Å². The molecule has 0 aliphatic carbocycles. The molecule has 0 spiro atoms. The second-order valence-electron chi connectivity index (χ2n) is 5.18. The Morgan fingerprint density at radius 2 is 2.05 bits per heavy atom. The van der Waals surface area contributed by atoms with Crippen molar-refractivity contribution in [3.05, 3.63) is 33.5 Å². The van der Waals surface area contributed by atoms with E-state index in [2.05, 4.69) is 17.0 Å². The summed E-state index contributed by atoms with van der Waals surface area (Å²) < 4.78 is 1.45. The number of hydrogen-bond acceptors (Lipinski definition) is 5. The van der Waals surface area contributed by atoms with Gasteiger partial charge in [0.1, 0.15) is 17.3 Å². The standard InChI is InChI=1S/C15H19N3O4/c1-2-3-4-5-10-8-18-15(16-9-17-18)13(14(10)22)11(19)6-7-12(20)21/h8-9,19H,2-7H2,1H3,(H,20,21). The third-order valence-corrected chi connectivity index (χ3v) is 3.51. The molecule has 0 radical (unpaired) electrons. The molecule has 0 aliphatic rings. The van der Waals surface area contributed by atoms with Crippen molar-refractivity contribution in [3.63, 3.8) is 0 Å². The molecule has 0 atom stereocenters. The highest BCUT2D eigenvalue weighted by atomic mass is 16.4. The normalized spacial score (nSPS) is 12.6. The quantitative estimate of drug-likeness (QED) is 0.741. The Morgan fingerprint density at radius 3 is 2.73 bits per heavy atom. The van der Waals surface area contributed by atoms with Crippen LogP contribution in [-0.4, -0.2) is 30.8 Å². The Morgan fingerprint density at radius 1 is 1.27 bits per heavy atom. The van der Waals surface area contributed by atoms with Crippen molar-refractivity contribution in [1.29, 1.82) is 0 Å². The van der Waals surface area contributed by atoms with Crippen LogP contribution in [0.2, 0.25) is 0 Å². The highest BCUT2D eigenvalue weighted by Gasteiger charge is 2.12. The molecular formula is C15H19N3O4. The number of carbonyl (C=O) groups is 1. The maximum absolute atomic E-state index is 12.6. The number of aliphatic hydroxyl groups is 1. The molecule has 7 heteroatoms. The van der Waals surface area contributed by atoms with E-state index in [4.69, 9.17) is 5.11 Å². The van der Waals surface area contributed by atoms with Gasteiger partial charge in [0.15, 0.2) is 11.1 Å². The Balaban J connectivity index is 2.53. The highest BCUT2D eigenvalue weighted by Crippen LogP contribution is 2.05. The van der Waals surface area contributed by atoms with Crippen molar-refractivity contribution in [2.75, 3.05) is 0 Å². The van der Waals surface area contributed by atoms with E-state index in [1.807, 2.05) is 0 Å². The SMILES string of the molecule is CCCCCc1cn2ncnc2c(=C(O)CCC(=O)O)c1=O. The van der Waals surface area contributed by atoms with Gasteiger partial charge >= 0.3 is 5.97 Å². The van der Waals surface area contributed by atoms with Gasteiger partial charge in [-0.25, -0.2) is 9.50 Å². The molecule has 7 nitrogen and oxygen atoms in total. The first kappa shape index (κ1) is 15.9. The van der Waals surface area contributed by atoms with Crippen LogP contribution in [0.1, 0.15) is 44.6 Å². The maximum atomic E-state index is 12.6. The number of fused-ring (bicyclic) bond motifs is 1. The van der Waals surface area contributed by atoms with Gasteiger partial charge in [0.05, 0.1) is 6.42 Å². The smallest absolute Gasteiger partial charge is 0.303 e. The minimum Gasteiger partial charge on any atom is -0.511 e. The number of aliphatic hydroxyl groups excluding tert-OH is 1. The summed E-state index contributed by atoms with van der Waals surface area (Å²) in [7, 11) is 0. The van der Waals surface area contributed by atoms with E-state index >= 15 is 0 Å². The monoisotopic (exact) mass is 305 g/mol. The first-order valence-electron chi connectivity index (χ1n) is 7.33. The fourth-order valence-corrected chi connectivity index (χ4v) is 2.35. The van der Waals surface area contributed by atoms with E-state index in [1.54, 1.807) is 6.20 Å². The molecule has 0 saturated carbocycles. The molecule has 0 fully saturated rings. The highest BCUT2D eigenvalue weighted by molar-refractivity contribution is 5.68. The molecule has 0 aliphatic heterocycles. The zero-order valence-corrected chi connectivity index (χ0v) is 12.4. The second kappa shape index (κ2) is 7.02. The molecule has 2 heterocycles. The summed E-state index contributed by atoms with van der Waals surface area (Å²) >= 11 is 0. The maximum Gasteiger partial charge on any atom is 0.303 e. The van der Waals surface area contributed by atoms with Crippen LogP contribution < -0.4 is 10.6 Å². The number of hydrogen-bond donors (Lipinski definition) is 2. The molecule has 2 aromatic heterocycles. The van der Waals surface area contributed by atoms with E-state index in [9.17, 15) is 14.7 Å². The molecule has 0 bridgehead atoms. The van der Waals surface area contributed by atoms with Crippen LogP contribution in [-0.2, 0) is 11.2 Å². The van der Waals surface area contributed by atoms with Crippen LogP contribution in [0.3, 0.4) is 0 Å². The van der Waals surface area contributed by atoms with Crippen molar-refractivity contribution in [2.45, 2.75) is 45.4 Å². The number of unbranched alkanes of at least 4 members (excludes halogenated alkanes) is 2. The van der Waals surface area contributed by atoms with Crippen molar-refractivity contribution in [2.24, 2.45) is 0 Å². The van der Waals surface area contributed by atoms with E-state index in [0.717, 1.165) is 19.3 Å². The first-order chi connectivity index (χ1) is 10.5. The molecule has 2 aromatic rings. The molecule has 118 valence electrons. The summed E-state index contributed by atoms with van der Waals surface area (Å²) in [6.45, 7) is 2.08. The minimum atomic E-state index is -1.03. The first-order valence-corrected chi connectivity index (χ1v) is 7.33. The lowest BCUT2D eigenvalue weighted by Crippen LogP contribution is -2.33. The van der Waals surface area contributed by atoms with E-state index in [-0.39, 0.29) is 34.9 Å². The zero-order valence-electron chi connectivity index (χ0n) is 12.4. The summed E-state index contributed by atoms with van der Waals surface area (Å²) in [5.41, 5.74) is 0.523. The lowest BCUT2D eigenvalue weighted by Gasteiger charge is -2.03. The van der Waals surface area contributed by atoms with Gasteiger partial charge in [-0.15, -0.1) is 0 Å². The Kier molecular flexibility index (Phi) is 5.08. The lowest BCUT2D eigenvalue weighted by atomic mass is 10.1. The minimum absolute atomic E-state index is 0.0627. The number of rotatable bonds is 7. The number of aliphatic carboxylic acids is 1. The number of carboxylic acids is 1. The number of nitrogens with zero attached hydrogens (tertiary/aromatic N) is 3. The summed E-state index contributed by atoms with van der Waals surface area (Å²) in [4.78, 5) is 27.2. The van der Waals surface area contributed by atoms with Crippen LogP contribution in [0, 0.1) is 0 Å². The molecule has 2 rings (SSSR count). The molecular weight excluding hydrogens is 286 g/mol. The van der Waals surface area contributed by atoms with Gasteiger partial charge in [0, 0.05) is 18.2 Å². The molecule has 2 N–H and O–H groups in total. The van der Waals surface area contributed by atoms with E-state index in [0.29, 0.717) is 12.0 Å². The Bertz CT molecular complexity index is 782.